The van der Waals surface area contributed by atoms with Crippen LogP contribution in [0, 0.1) is 12.3 Å². The number of amides is 3. The van der Waals surface area contributed by atoms with E-state index in [1.807, 2.05) is 41.0 Å². The molecule has 2 saturated heterocycles. The lowest BCUT2D eigenvalue weighted by molar-refractivity contribution is -0.137. The zero-order chi connectivity index (χ0) is 23.8. The molecule has 0 radical (unpaired) electrons. The van der Waals surface area contributed by atoms with Crippen LogP contribution in [-0.2, 0) is 9.59 Å². The molecular formula is C26H38N4O3. The number of nitrogens with one attached hydrogen (secondary N) is 1. The van der Waals surface area contributed by atoms with Gasteiger partial charge in [0.25, 0.3) is 5.91 Å². The standard InChI is InChI=1S/C26H38N4O3/c1-18-5-7-19(8-6-18)24(32)29-17-21(15-22(29)25(33)28-13-11-27-12-14-28)30(20-9-10-20)23(31)16-26(2,3)4/h5-8,20-22,27H,9-17H2,1-4H3. The highest BCUT2D eigenvalue weighted by Gasteiger charge is 2.48. The minimum absolute atomic E-state index is 0.0125. The Morgan fingerprint density at radius 1 is 1.03 bits per heavy atom. The van der Waals surface area contributed by atoms with Crippen LogP contribution in [0.5, 0.6) is 0 Å². The molecule has 33 heavy (non-hydrogen) atoms. The van der Waals surface area contributed by atoms with Gasteiger partial charge in [-0.1, -0.05) is 38.5 Å². The number of nitrogens with zero attached hydrogens (tertiary/aromatic N) is 3. The largest absolute Gasteiger partial charge is 0.338 e. The molecule has 2 aliphatic heterocycles. The topological polar surface area (TPSA) is 73.0 Å². The Kier molecular flexibility index (Phi) is 6.80. The van der Waals surface area contributed by atoms with Crippen molar-refractivity contribution >= 4 is 17.7 Å². The molecule has 1 aliphatic carbocycles. The van der Waals surface area contributed by atoms with E-state index >= 15 is 0 Å². The zero-order valence-corrected chi connectivity index (χ0v) is 20.5. The van der Waals surface area contributed by atoms with E-state index in [2.05, 4.69) is 26.1 Å². The van der Waals surface area contributed by atoms with Crippen molar-refractivity contribution in [2.24, 2.45) is 5.41 Å². The number of rotatable bonds is 5. The van der Waals surface area contributed by atoms with Gasteiger partial charge in [-0.15, -0.1) is 0 Å². The van der Waals surface area contributed by atoms with E-state index in [9.17, 15) is 14.4 Å². The first-order chi connectivity index (χ1) is 15.6. The molecule has 0 bridgehead atoms. The van der Waals surface area contributed by atoms with Gasteiger partial charge in [0.1, 0.15) is 6.04 Å². The molecule has 1 N–H and O–H groups in total. The van der Waals surface area contributed by atoms with Crippen molar-refractivity contribution in [1.82, 2.24) is 20.0 Å². The Labute approximate surface area is 197 Å². The number of likely N-dealkylation sites (tertiary alicyclic amines) is 1. The minimum Gasteiger partial charge on any atom is -0.338 e. The van der Waals surface area contributed by atoms with Crippen molar-refractivity contribution in [1.29, 1.82) is 0 Å². The number of carbonyl (C=O) groups excluding carboxylic acids is 3. The van der Waals surface area contributed by atoms with Crippen molar-refractivity contribution < 1.29 is 14.4 Å². The summed E-state index contributed by atoms with van der Waals surface area (Å²) in [6, 6.07) is 7.13. The van der Waals surface area contributed by atoms with Gasteiger partial charge in [-0.25, -0.2) is 0 Å². The third-order valence-electron chi connectivity index (χ3n) is 6.86. The summed E-state index contributed by atoms with van der Waals surface area (Å²) in [7, 11) is 0. The van der Waals surface area contributed by atoms with Crippen LogP contribution in [0.4, 0.5) is 0 Å². The first kappa shape index (κ1) is 23.7. The maximum absolute atomic E-state index is 13.6. The smallest absolute Gasteiger partial charge is 0.254 e. The van der Waals surface area contributed by atoms with Crippen LogP contribution in [0.1, 0.15) is 62.4 Å². The van der Waals surface area contributed by atoms with Crippen molar-refractivity contribution in [3.63, 3.8) is 0 Å². The zero-order valence-electron chi connectivity index (χ0n) is 20.5. The van der Waals surface area contributed by atoms with Crippen molar-refractivity contribution in [2.45, 2.75) is 71.5 Å². The second kappa shape index (κ2) is 9.45. The fourth-order valence-electron chi connectivity index (χ4n) is 5.03. The quantitative estimate of drug-likeness (QED) is 0.742. The van der Waals surface area contributed by atoms with Crippen molar-refractivity contribution in [2.75, 3.05) is 32.7 Å². The maximum Gasteiger partial charge on any atom is 0.254 e. The van der Waals surface area contributed by atoms with Gasteiger partial charge in [0, 0.05) is 50.7 Å². The van der Waals surface area contributed by atoms with Gasteiger partial charge in [-0.05, 0) is 43.7 Å². The van der Waals surface area contributed by atoms with E-state index in [4.69, 9.17) is 0 Å². The van der Waals surface area contributed by atoms with Gasteiger partial charge >= 0.3 is 0 Å². The first-order valence-corrected chi connectivity index (χ1v) is 12.3. The Balaban J connectivity index is 1.59. The third kappa shape index (κ3) is 5.57. The predicted octanol–water partition coefficient (Wildman–Crippen LogP) is 2.44. The molecular weight excluding hydrogens is 416 g/mol. The van der Waals surface area contributed by atoms with E-state index in [0.717, 1.165) is 31.5 Å². The normalized spacial score (nSPS) is 23.5. The van der Waals surface area contributed by atoms with Crippen LogP contribution >= 0.6 is 0 Å². The summed E-state index contributed by atoms with van der Waals surface area (Å²) in [5.74, 6) is 0.0384. The van der Waals surface area contributed by atoms with Crippen LogP contribution in [-0.4, -0.2) is 83.3 Å². The fourth-order valence-corrected chi connectivity index (χ4v) is 5.03. The second-order valence-electron chi connectivity index (χ2n) is 11.1. The molecule has 1 aromatic rings. The van der Waals surface area contributed by atoms with Gasteiger partial charge in [-0.2, -0.15) is 0 Å². The fraction of sp³-hybridized carbons (Fsp3) is 0.654. The summed E-state index contributed by atoms with van der Waals surface area (Å²) in [6.07, 6.45) is 3.01. The molecule has 2 unspecified atom stereocenters. The Morgan fingerprint density at radius 3 is 2.24 bits per heavy atom. The van der Waals surface area contributed by atoms with Crippen molar-refractivity contribution in [3.8, 4) is 0 Å². The number of carbonyl (C=O) groups is 3. The highest BCUT2D eigenvalue weighted by Crippen LogP contribution is 2.36. The molecule has 7 nitrogen and oxygen atoms in total. The minimum atomic E-state index is -0.523. The highest BCUT2D eigenvalue weighted by atomic mass is 16.2. The molecule has 2 heterocycles. The summed E-state index contributed by atoms with van der Waals surface area (Å²) in [5.41, 5.74) is 1.58. The average molecular weight is 455 g/mol. The number of piperazine rings is 1. The van der Waals surface area contributed by atoms with E-state index in [-0.39, 0.29) is 35.2 Å². The lowest BCUT2D eigenvalue weighted by Gasteiger charge is -2.32. The molecule has 2 atom stereocenters. The summed E-state index contributed by atoms with van der Waals surface area (Å²) >= 11 is 0. The lowest BCUT2D eigenvalue weighted by atomic mass is 9.91. The molecule has 3 amide bonds. The lowest BCUT2D eigenvalue weighted by Crippen LogP contribution is -2.53. The summed E-state index contributed by atoms with van der Waals surface area (Å²) in [5, 5.41) is 3.28. The van der Waals surface area contributed by atoms with Crippen LogP contribution in [0.15, 0.2) is 24.3 Å². The van der Waals surface area contributed by atoms with E-state index < -0.39 is 6.04 Å². The van der Waals surface area contributed by atoms with Crippen molar-refractivity contribution in [3.05, 3.63) is 35.4 Å². The second-order valence-corrected chi connectivity index (χ2v) is 11.1. The van der Waals surface area contributed by atoms with Gasteiger partial charge in [-0.3, -0.25) is 14.4 Å². The molecule has 1 saturated carbocycles. The number of hydrogen-bond donors (Lipinski definition) is 1. The Hall–Kier alpha value is -2.41. The molecule has 0 aromatic heterocycles. The average Bonchev–Trinajstić information content (AvgIpc) is 3.50. The number of aryl methyl sites for hydroxylation is 1. The first-order valence-electron chi connectivity index (χ1n) is 12.3. The molecule has 0 spiro atoms. The van der Waals surface area contributed by atoms with Crippen LogP contribution < -0.4 is 5.32 Å². The summed E-state index contributed by atoms with van der Waals surface area (Å²) in [4.78, 5) is 46.0. The summed E-state index contributed by atoms with van der Waals surface area (Å²) in [6.45, 7) is 11.5. The summed E-state index contributed by atoms with van der Waals surface area (Å²) < 4.78 is 0. The number of benzene rings is 1. The number of hydrogen-bond acceptors (Lipinski definition) is 4. The monoisotopic (exact) mass is 454 g/mol. The van der Waals surface area contributed by atoms with E-state index in [0.29, 0.717) is 38.0 Å². The highest BCUT2D eigenvalue weighted by molar-refractivity contribution is 5.98. The Morgan fingerprint density at radius 2 is 1.67 bits per heavy atom. The van der Waals surface area contributed by atoms with Gasteiger partial charge in [0.05, 0.1) is 6.04 Å². The molecule has 3 fully saturated rings. The molecule has 1 aromatic carbocycles. The van der Waals surface area contributed by atoms with Gasteiger partial charge in [0.2, 0.25) is 11.8 Å². The van der Waals surface area contributed by atoms with Gasteiger partial charge < -0.3 is 20.0 Å². The maximum atomic E-state index is 13.6. The van der Waals surface area contributed by atoms with Crippen LogP contribution in [0.3, 0.4) is 0 Å². The molecule has 180 valence electrons. The molecule has 4 rings (SSSR count). The predicted molar refractivity (Wildman–Crippen MR) is 128 cm³/mol. The Bertz CT molecular complexity index is 882. The van der Waals surface area contributed by atoms with Gasteiger partial charge in [0.15, 0.2) is 0 Å². The van der Waals surface area contributed by atoms with E-state index in [1.54, 1.807) is 4.90 Å². The molecule has 7 heteroatoms. The van der Waals surface area contributed by atoms with Crippen LogP contribution in [0.2, 0.25) is 0 Å². The SMILES string of the molecule is Cc1ccc(C(=O)N2CC(N(C(=O)CC(C)(C)C)C3CC3)CC2C(=O)N2CCNCC2)cc1. The van der Waals surface area contributed by atoms with Crippen LogP contribution in [0.25, 0.3) is 0 Å². The van der Waals surface area contributed by atoms with E-state index in [1.165, 1.54) is 0 Å². The molecule has 3 aliphatic rings. The third-order valence-corrected chi connectivity index (χ3v) is 6.86.